The second-order valence-electron chi connectivity index (χ2n) is 8.43. The van der Waals surface area contributed by atoms with Gasteiger partial charge in [-0.2, -0.15) is 25.2 Å². The molecule has 0 aliphatic carbocycles. The van der Waals surface area contributed by atoms with E-state index in [1.807, 2.05) is 36.7 Å². The number of hydrogen-bond donors (Lipinski definition) is 2. The third-order valence-corrected chi connectivity index (χ3v) is 9.14. The lowest BCUT2D eigenvalue weighted by molar-refractivity contribution is 0.374. The molecule has 0 amide bonds. The van der Waals surface area contributed by atoms with Crippen molar-refractivity contribution < 1.29 is 9.47 Å². The number of nitrogen functional groups attached to an aromatic ring is 2. The average molecular weight is 512 g/mol. The summed E-state index contributed by atoms with van der Waals surface area (Å²) >= 11 is 3.37. The van der Waals surface area contributed by atoms with Crippen molar-refractivity contribution in [3.05, 3.63) is 33.7 Å². The van der Waals surface area contributed by atoms with Gasteiger partial charge in [0.05, 0.1) is 30.6 Å². The van der Waals surface area contributed by atoms with Crippen LogP contribution in [0.2, 0.25) is 0 Å². The lowest BCUT2D eigenvalue weighted by Crippen LogP contribution is -2.57. The Hall–Kier alpha value is -3.50. The van der Waals surface area contributed by atoms with Gasteiger partial charge in [-0.05, 0) is 13.0 Å². The maximum Gasteiger partial charge on any atom is 0.322 e. The number of thiophene rings is 1. The van der Waals surface area contributed by atoms with Crippen LogP contribution in [0, 0.1) is 11.3 Å². The molecule has 0 bridgehead atoms. The van der Waals surface area contributed by atoms with Crippen molar-refractivity contribution in [3.8, 4) is 18.0 Å². The minimum absolute atomic E-state index is 0.170. The summed E-state index contributed by atoms with van der Waals surface area (Å²) < 4.78 is 10.4. The van der Waals surface area contributed by atoms with Crippen LogP contribution in [0.3, 0.4) is 0 Å². The van der Waals surface area contributed by atoms with Gasteiger partial charge in [0.15, 0.2) is 0 Å². The highest BCUT2D eigenvalue weighted by molar-refractivity contribution is 8.00. The Bertz CT molecular complexity index is 1330. The molecule has 2 aliphatic rings. The molecule has 1 atom stereocenters. The highest BCUT2D eigenvalue weighted by Crippen LogP contribution is 2.57. The second kappa shape index (κ2) is 8.62. The summed E-state index contributed by atoms with van der Waals surface area (Å²) in [6.07, 6.45) is 0. The van der Waals surface area contributed by atoms with E-state index in [9.17, 15) is 5.26 Å². The first-order chi connectivity index (χ1) is 16.8. The first-order valence-corrected chi connectivity index (χ1v) is 12.6. The number of pyridine rings is 1. The van der Waals surface area contributed by atoms with Crippen LogP contribution in [0.5, 0.6) is 11.9 Å². The summed E-state index contributed by atoms with van der Waals surface area (Å²) in [5.41, 5.74) is 14.8. The largest absolute Gasteiger partial charge is 0.481 e. The Labute approximate surface area is 211 Å². The Balaban J connectivity index is 1.41. The predicted molar refractivity (Wildman–Crippen MR) is 137 cm³/mol. The molecule has 0 radical (unpaired) electrons. The lowest BCUT2D eigenvalue weighted by Gasteiger charge is -2.47. The van der Waals surface area contributed by atoms with Crippen LogP contribution in [0.25, 0.3) is 0 Å². The molecule has 1 unspecified atom stereocenters. The number of fused-ring (bicyclic) bond motifs is 2. The van der Waals surface area contributed by atoms with Crippen molar-refractivity contribution in [1.82, 2.24) is 19.9 Å². The van der Waals surface area contributed by atoms with Crippen LogP contribution in [0.15, 0.2) is 12.1 Å². The van der Waals surface area contributed by atoms with Gasteiger partial charge in [-0.1, -0.05) is 0 Å². The van der Waals surface area contributed by atoms with Gasteiger partial charge in [0, 0.05) is 48.0 Å². The first-order valence-electron chi connectivity index (χ1n) is 10.8. The number of hydrogen-bond acceptors (Lipinski definition) is 13. The molecule has 1 spiro atoms. The number of aromatic nitrogens is 4. The van der Waals surface area contributed by atoms with Crippen molar-refractivity contribution >= 4 is 45.8 Å². The number of anilines is 4. The average Bonchev–Trinajstić information content (AvgIpc) is 3.36. The molecule has 0 saturated carbocycles. The highest BCUT2D eigenvalue weighted by Gasteiger charge is 2.53. The van der Waals surface area contributed by atoms with Crippen LogP contribution in [0.4, 0.5) is 22.7 Å². The zero-order chi connectivity index (χ0) is 24.9. The van der Waals surface area contributed by atoms with Gasteiger partial charge < -0.3 is 30.7 Å². The molecule has 13 heteroatoms. The van der Waals surface area contributed by atoms with E-state index < -0.39 is 0 Å². The molecule has 2 aliphatic heterocycles. The van der Waals surface area contributed by atoms with Gasteiger partial charge >= 0.3 is 6.01 Å². The third kappa shape index (κ3) is 3.73. The Kier molecular flexibility index (Phi) is 5.72. The molecule has 3 aromatic rings. The maximum atomic E-state index is 9.65. The van der Waals surface area contributed by atoms with E-state index in [4.69, 9.17) is 25.9 Å². The zero-order valence-corrected chi connectivity index (χ0v) is 21.4. The molecule has 182 valence electrons. The number of nitrogens with zero attached hydrogens (tertiary/aromatic N) is 7. The fourth-order valence-corrected chi connectivity index (χ4v) is 7.28. The normalized spacial score (nSPS) is 16.4. The van der Waals surface area contributed by atoms with Crippen LogP contribution in [-0.4, -0.2) is 54.3 Å². The number of rotatable bonds is 6. The third-order valence-electron chi connectivity index (χ3n) is 6.49. The van der Waals surface area contributed by atoms with Crippen LogP contribution in [-0.2, 0) is 10.5 Å². The molecular formula is C22H25N9O2S2. The second-order valence-corrected chi connectivity index (χ2v) is 10.9. The van der Waals surface area contributed by atoms with E-state index in [2.05, 4.69) is 25.9 Å². The number of nitriles is 1. The molecular weight excluding hydrogens is 486 g/mol. The minimum Gasteiger partial charge on any atom is -0.481 e. The molecule has 4 N–H and O–H groups in total. The van der Waals surface area contributed by atoms with E-state index >= 15 is 0 Å². The van der Waals surface area contributed by atoms with Crippen LogP contribution in [0.1, 0.15) is 34.5 Å². The van der Waals surface area contributed by atoms with Crippen molar-refractivity contribution in [1.29, 1.82) is 5.26 Å². The van der Waals surface area contributed by atoms with E-state index in [1.165, 1.54) is 23.3 Å². The van der Waals surface area contributed by atoms with Gasteiger partial charge in [-0.3, -0.25) is 0 Å². The van der Waals surface area contributed by atoms with Gasteiger partial charge in [0.1, 0.15) is 16.9 Å². The van der Waals surface area contributed by atoms with Gasteiger partial charge in [-0.25, -0.2) is 0 Å². The van der Waals surface area contributed by atoms with E-state index in [-0.39, 0.29) is 16.8 Å². The molecule has 35 heavy (non-hydrogen) atoms. The number of methoxy groups -OCH3 is 2. The summed E-state index contributed by atoms with van der Waals surface area (Å²) in [4.78, 5) is 23.1. The molecule has 5 heterocycles. The van der Waals surface area contributed by atoms with Crippen molar-refractivity contribution in [2.45, 2.75) is 23.5 Å². The Morgan fingerprint density at radius 2 is 1.94 bits per heavy atom. The lowest BCUT2D eigenvalue weighted by atomic mass is 9.88. The monoisotopic (exact) mass is 511 g/mol. The topological polar surface area (TPSA) is 152 Å². The molecule has 5 rings (SSSR count). The summed E-state index contributed by atoms with van der Waals surface area (Å²) in [6.45, 7) is 3.35. The van der Waals surface area contributed by atoms with E-state index in [0.29, 0.717) is 47.2 Å². The smallest absolute Gasteiger partial charge is 0.322 e. The van der Waals surface area contributed by atoms with Crippen LogP contribution < -0.4 is 30.7 Å². The first kappa shape index (κ1) is 23.3. The quantitative estimate of drug-likeness (QED) is 0.500. The number of thioether (sulfide) groups is 1. The van der Waals surface area contributed by atoms with Crippen molar-refractivity contribution in [3.63, 3.8) is 0 Å². The van der Waals surface area contributed by atoms with Crippen molar-refractivity contribution in [2.75, 3.05) is 55.6 Å². The summed E-state index contributed by atoms with van der Waals surface area (Å²) in [5, 5.41) is 10.2. The standard InChI is InChI=1S/C22H25N9O2S2/c1-11(12-5-6-15(32-3)26-17(12)24)30(2)19-27-20(29-21(28-19)33-4)31-9-22(10-31)16-13(7-23)18(25)35-14(16)8-34-22/h5-6,11H,8-10,25H2,1-4H3,(H2,24,26). The SMILES string of the molecule is COc1ccc(C(C)N(C)c2nc(OC)nc(N3CC4(C3)SCc3sc(N)c(C#N)c34)n2)c(N)n1. The number of ether oxygens (including phenoxy) is 2. The van der Waals surface area contributed by atoms with Gasteiger partial charge in [0.2, 0.25) is 17.8 Å². The fourth-order valence-electron chi connectivity index (χ4n) is 4.47. The highest BCUT2D eigenvalue weighted by atomic mass is 32.2. The molecule has 0 aromatic carbocycles. The molecule has 3 aromatic heterocycles. The van der Waals surface area contributed by atoms with Crippen molar-refractivity contribution in [2.24, 2.45) is 0 Å². The Morgan fingerprint density at radius 3 is 2.60 bits per heavy atom. The predicted octanol–water partition coefficient (Wildman–Crippen LogP) is 2.54. The van der Waals surface area contributed by atoms with E-state index in [0.717, 1.165) is 16.9 Å². The summed E-state index contributed by atoms with van der Waals surface area (Å²) in [6, 6.07) is 6.01. The van der Waals surface area contributed by atoms with Gasteiger partial charge in [-0.15, -0.1) is 23.1 Å². The molecule has 1 saturated heterocycles. The Morgan fingerprint density at radius 1 is 1.17 bits per heavy atom. The van der Waals surface area contributed by atoms with Gasteiger partial charge in [0.25, 0.3) is 0 Å². The van der Waals surface area contributed by atoms with Crippen LogP contribution >= 0.6 is 23.1 Å². The van der Waals surface area contributed by atoms with E-state index in [1.54, 1.807) is 13.2 Å². The minimum atomic E-state index is -0.170. The molecule has 1 fully saturated rings. The fraction of sp³-hybridized carbons (Fsp3) is 0.409. The molecule has 11 nitrogen and oxygen atoms in total. The number of nitrogens with two attached hydrogens (primary N) is 2. The zero-order valence-electron chi connectivity index (χ0n) is 19.8. The summed E-state index contributed by atoms with van der Waals surface area (Å²) in [5.74, 6) is 2.67. The maximum absolute atomic E-state index is 9.65. The summed E-state index contributed by atoms with van der Waals surface area (Å²) in [7, 11) is 4.97.